The summed E-state index contributed by atoms with van der Waals surface area (Å²) < 4.78 is 5.08. The molecule has 0 saturated carbocycles. The molecule has 26 heavy (non-hydrogen) atoms. The monoisotopic (exact) mass is 363 g/mol. The summed E-state index contributed by atoms with van der Waals surface area (Å²) in [7, 11) is 0. The van der Waals surface area contributed by atoms with Gasteiger partial charge in [-0.3, -0.25) is 9.59 Å². The number of ether oxygens (including phenoxy) is 1. The lowest BCUT2D eigenvalue weighted by Gasteiger charge is -2.19. The lowest BCUT2D eigenvalue weighted by atomic mass is 10.1. The Bertz CT molecular complexity index is 636. The zero-order valence-corrected chi connectivity index (χ0v) is 16.1. The summed E-state index contributed by atoms with van der Waals surface area (Å²) in [5.74, 6) is -0.131. The van der Waals surface area contributed by atoms with Crippen LogP contribution in [0.4, 0.5) is 10.5 Å². The maximum Gasteiger partial charge on any atom is 0.408 e. The van der Waals surface area contributed by atoms with E-state index < -0.39 is 11.7 Å². The van der Waals surface area contributed by atoms with Gasteiger partial charge in [0.1, 0.15) is 12.1 Å². The molecule has 0 bridgehead atoms. The van der Waals surface area contributed by atoms with Crippen molar-refractivity contribution in [3.8, 4) is 0 Å². The summed E-state index contributed by atoms with van der Waals surface area (Å²) in [5, 5.41) is 7.98. The molecule has 0 aliphatic carbocycles. The summed E-state index contributed by atoms with van der Waals surface area (Å²) in [6.07, 6.45) is -0.198. The van der Waals surface area contributed by atoms with E-state index in [4.69, 9.17) is 4.74 Å². The lowest BCUT2D eigenvalue weighted by molar-refractivity contribution is -0.122. The van der Waals surface area contributed by atoms with Crippen LogP contribution in [0.1, 0.15) is 46.6 Å². The molecule has 0 aliphatic heterocycles. The number of benzene rings is 1. The fraction of sp³-hybridized carbons (Fsp3) is 0.526. The molecule has 0 spiro atoms. The quantitative estimate of drug-likeness (QED) is 0.694. The van der Waals surface area contributed by atoms with E-state index in [0.29, 0.717) is 18.7 Å². The molecular formula is C19H29N3O4. The van der Waals surface area contributed by atoms with Gasteiger partial charge in [-0.2, -0.15) is 0 Å². The number of anilines is 1. The Morgan fingerprint density at radius 2 is 1.69 bits per heavy atom. The molecule has 1 aromatic rings. The van der Waals surface area contributed by atoms with Crippen molar-refractivity contribution in [2.45, 2.75) is 53.2 Å². The Kier molecular flexibility index (Phi) is 8.09. The molecule has 1 rings (SSSR count). The van der Waals surface area contributed by atoms with Crippen molar-refractivity contribution in [3.63, 3.8) is 0 Å². The van der Waals surface area contributed by atoms with Crippen molar-refractivity contribution >= 4 is 23.6 Å². The van der Waals surface area contributed by atoms with Crippen LogP contribution < -0.4 is 16.0 Å². The highest BCUT2D eigenvalue weighted by Crippen LogP contribution is 2.15. The highest BCUT2D eigenvalue weighted by molar-refractivity contribution is 5.94. The fourth-order valence-corrected chi connectivity index (χ4v) is 2.09. The molecular weight excluding hydrogens is 334 g/mol. The maximum absolute atomic E-state index is 12.0. The summed E-state index contributed by atoms with van der Waals surface area (Å²) in [4.78, 5) is 35.4. The van der Waals surface area contributed by atoms with Crippen LogP contribution in [-0.4, -0.2) is 30.1 Å². The molecule has 0 heterocycles. The van der Waals surface area contributed by atoms with E-state index in [1.807, 2.05) is 26.0 Å². The van der Waals surface area contributed by atoms with Crippen molar-refractivity contribution in [2.24, 2.45) is 5.92 Å². The van der Waals surface area contributed by atoms with Gasteiger partial charge in [-0.25, -0.2) is 4.79 Å². The van der Waals surface area contributed by atoms with Crippen LogP contribution in [-0.2, 0) is 20.9 Å². The molecule has 1 aromatic carbocycles. The Hall–Kier alpha value is -2.57. The predicted molar refractivity (Wildman–Crippen MR) is 101 cm³/mol. The van der Waals surface area contributed by atoms with E-state index in [0.717, 1.165) is 5.56 Å². The molecule has 0 fully saturated rings. The Labute approximate surface area is 154 Å². The maximum atomic E-state index is 12.0. The van der Waals surface area contributed by atoms with Crippen LogP contribution >= 0.6 is 0 Å². The molecule has 7 heteroatoms. The van der Waals surface area contributed by atoms with Crippen molar-refractivity contribution < 1.29 is 19.1 Å². The van der Waals surface area contributed by atoms with Gasteiger partial charge < -0.3 is 20.7 Å². The largest absolute Gasteiger partial charge is 0.444 e. The van der Waals surface area contributed by atoms with Gasteiger partial charge in [0, 0.05) is 18.7 Å². The second-order valence-electron chi connectivity index (χ2n) is 7.44. The zero-order chi connectivity index (χ0) is 19.7. The first-order chi connectivity index (χ1) is 12.1. The van der Waals surface area contributed by atoms with Gasteiger partial charge in [-0.15, -0.1) is 0 Å². The molecule has 0 saturated heterocycles. The minimum absolute atomic E-state index is 0.0345. The van der Waals surface area contributed by atoms with Crippen LogP contribution in [0.5, 0.6) is 0 Å². The molecule has 0 radical (unpaired) electrons. The molecule has 7 nitrogen and oxygen atoms in total. The molecule has 3 amide bonds. The number of alkyl carbamates (subject to hydrolysis) is 1. The minimum atomic E-state index is -0.651. The Balaban J connectivity index is 2.55. The first-order valence-corrected chi connectivity index (χ1v) is 8.68. The van der Waals surface area contributed by atoms with Crippen molar-refractivity contribution in [2.75, 3.05) is 11.9 Å². The summed E-state index contributed by atoms with van der Waals surface area (Å²) >= 11 is 0. The number of nitrogens with one attached hydrogen (secondary N) is 3. The van der Waals surface area contributed by atoms with Gasteiger partial charge >= 0.3 is 6.09 Å². The van der Waals surface area contributed by atoms with Crippen molar-refractivity contribution in [1.29, 1.82) is 0 Å². The highest BCUT2D eigenvalue weighted by atomic mass is 16.6. The lowest BCUT2D eigenvalue weighted by Crippen LogP contribution is -2.37. The predicted octanol–water partition coefficient (Wildman–Crippen LogP) is 2.81. The van der Waals surface area contributed by atoms with Gasteiger partial charge in [-0.05, 0) is 38.3 Å². The van der Waals surface area contributed by atoms with Gasteiger partial charge in [0.2, 0.25) is 11.8 Å². The minimum Gasteiger partial charge on any atom is -0.444 e. The van der Waals surface area contributed by atoms with Gasteiger partial charge in [-0.1, -0.05) is 32.0 Å². The molecule has 3 N–H and O–H groups in total. The third kappa shape index (κ3) is 9.05. The molecule has 0 aromatic heterocycles. The Morgan fingerprint density at radius 1 is 1.04 bits per heavy atom. The van der Waals surface area contributed by atoms with E-state index in [-0.39, 0.29) is 24.3 Å². The summed E-state index contributed by atoms with van der Waals surface area (Å²) in [6, 6.07) is 7.19. The van der Waals surface area contributed by atoms with Crippen molar-refractivity contribution in [3.05, 3.63) is 29.8 Å². The zero-order valence-electron chi connectivity index (χ0n) is 16.1. The van der Waals surface area contributed by atoms with Crippen LogP contribution in [0.2, 0.25) is 0 Å². The molecule has 0 aliphatic rings. The fourth-order valence-electron chi connectivity index (χ4n) is 2.09. The topological polar surface area (TPSA) is 96.5 Å². The molecule has 0 atom stereocenters. The summed E-state index contributed by atoms with van der Waals surface area (Å²) in [5.41, 5.74) is 0.755. The Morgan fingerprint density at radius 3 is 2.31 bits per heavy atom. The van der Waals surface area contributed by atoms with Crippen LogP contribution in [0.15, 0.2) is 24.3 Å². The van der Waals surface area contributed by atoms with Crippen LogP contribution in [0, 0.1) is 5.92 Å². The number of hydrogen-bond acceptors (Lipinski definition) is 4. The number of para-hydroxylation sites is 1. The molecule has 144 valence electrons. The van der Waals surface area contributed by atoms with E-state index in [9.17, 15) is 14.4 Å². The van der Waals surface area contributed by atoms with E-state index >= 15 is 0 Å². The third-order valence-electron chi connectivity index (χ3n) is 3.15. The average Bonchev–Trinajstić information content (AvgIpc) is 2.50. The number of carbonyl (C=O) groups excluding carboxylic acids is 3. The number of amides is 3. The number of hydrogen-bond donors (Lipinski definition) is 3. The van der Waals surface area contributed by atoms with Gasteiger partial charge in [0.15, 0.2) is 0 Å². The standard InChI is InChI=1S/C19H29N3O4/c1-13(2)10-16(23)20-11-14-8-6-7-9-15(14)22-17(24)12-21-18(25)26-19(3,4)5/h6-9,13H,10-12H2,1-5H3,(H,20,23)(H,21,25)(H,22,24). The van der Waals surface area contributed by atoms with Gasteiger partial charge in [0.25, 0.3) is 0 Å². The SMILES string of the molecule is CC(C)CC(=O)NCc1ccccc1NC(=O)CNC(=O)OC(C)(C)C. The van der Waals surface area contributed by atoms with Gasteiger partial charge in [0.05, 0.1) is 0 Å². The van der Waals surface area contributed by atoms with Crippen molar-refractivity contribution in [1.82, 2.24) is 10.6 Å². The van der Waals surface area contributed by atoms with Crippen LogP contribution in [0.3, 0.4) is 0 Å². The normalized spacial score (nSPS) is 11.0. The first-order valence-electron chi connectivity index (χ1n) is 8.68. The van der Waals surface area contributed by atoms with E-state index in [1.54, 1.807) is 32.9 Å². The second kappa shape index (κ2) is 9.79. The second-order valence-corrected chi connectivity index (χ2v) is 7.44. The summed E-state index contributed by atoms with van der Waals surface area (Å²) in [6.45, 7) is 9.31. The smallest absolute Gasteiger partial charge is 0.408 e. The number of rotatable bonds is 7. The third-order valence-corrected chi connectivity index (χ3v) is 3.15. The average molecular weight is 363 g/mol. The number of carbonyl (C=O) groups is 3. The molecule has 0 unspecified atom stereocenters. The van der Waals surface area contributed by atoms with Crippen LogP contribution in [0.25, 0.3) is 0 Å². The highest BCUT2D eigenvalue weighted by Gasteiger charge is 2.17. The van der Waals surface area contributed by atoms with E-state index in [1.165, 1.54) is 0 Å². The first kappa shape index (κ1) is 21.5. The van der Waals surface area contributed by atoms with E-state index in [2.05, 4.69) is 16.0 Å².